The summed E-state index contributed by atoms with van der Waals surface area (Å²) in [7, 11) is 0. The molecule has 0 aliphatic carbocycles. The topological polar surface area (TPSA) is 62.5 Å². The molecular formula is C12H18N4OS. The number of hydrogen-bond acceptors (Lipinski definition) is 5. The van der Waals surface area contributed by atoms with Gasteiger partial charge in [0.1, 0.15) is 10.8 Å². The minimum Gasteiger partial charge on any atom is -0.396 e. The zero-order valence-corrected chi connectivity index (χ0v) is 11.4. The Morgan fingerprint density at radius 2 is 2.39 bits per heavy atom. The molecule has 2 aromatic rings. The summed E-state index contributed by atoms with van der Waals surface area (Å²) < 4.78 is 1.97. The van der Waals surface area contributed by atoms with Crippen LogP contribution in [-0.4, -0.2) is 38.4 Å². The number of rotatable bonds is 6. The molecule has 5 nitrogen and oxygen atoms in total. The Bertz CT molecular complexity index is 514. The average Bonchev–Trinajstić information content (AvgIpc) is 2.84. The van der Waals surface area contributed by atoms with Gasteiger partial charge in [0, 0.05) is 31.3 Å². The second-order valence-electron chi connectivity index (χ2n) is 4.22. The molecule has 0 amide bonds. The predicted octanol–water partition coefficient (Wildman–Crippen LogP) is 1.88. The fraction of sp³-hybridized carbons (Fsp3) is 0.500. The standard InChI is InChI=1S/C12H18N4OS/c1-3-13-10-6-16-5-4-14-11(16)12(15-10)18-8-9(2)7-17/h4-6,9,13,17H,3,7-8H2,1-2H3. The summed E-state index contributed by atoms with van der Waals surface area (Å²) in [5.41, 5.74) is 0.867. The summed E-state index contributed by atoms with van der Waals surface area (Å²) in [5.74, 6) is 1.94. The van der Waals surface area contributed by atoms with Gasteiger partial charge >= 0.3 is 0 Å². The van der Waals surface area contributed by atoms with Crippen LogP contribution in [0.3, 0.4) is 0 Å². The Morgan fingerprint density at radius 1 is 1.56 bits per heavy atom. The molecule has 0 saturated heterocycles. The number of nitrogens with one attached hydrogen (secondary N) is 1. The van der Waals surface area contributed by atoms with E-state index >= 15 is 0 Å². The van der Waals surface area contributed by atoms with Gasteiger partial charge in [-0.05, 0) is 12.8 Å². The fourth-order valence-electron chi connectivity index (χ4n) is 1.54. The van der Waals surface area contributed by atoms with Crippen LogP contribution in [0.15, 0.2) is 23.6 Å². The Labute approximate surface area is 111 Å². The molecule has 0 spiro atoms. The molecule has 2 N–H and O–H groups in total. The van der Waals surface area contributed by atoms with Crippen LogP contribution in [0.25, 0.3) is 5.65 Å². The first-order valence-corrected chi connectivity index (χ1v) is 7.04. The van der Waals surface area contributed by atoms with Crippen LogP contribution in [0.4, 0.5) is 5.82 Å². The molecule has 2 rings (SSSR count). The number of fused-ring (bicyclic) bond motifs is 1. The molecule has 1 atom stereocenters. The average molecular weight is 266 g/mol. The lowest BCUT2D eigenvalue weighted by Crippen LogP contribution is -2.06. The summed E-state index contributed by atoms with van der Waals surface area (Å²) in [6, 6.07) is 0. The van der Waals surface area contributed by atoms with Gasteiger partial charge in [0.25, 0.3) is 0 Å². The molecule has 98 valence electrons. The molecule has 0 aliphatic rings. The summed E-state index contributed by atoms with van der Waals surface area (Å²) in [5, 5.41) is 13.2. The predicted molar refractivity (Wildman–Crippen MR) is 74.1 cm³/mol. The number of aliphatic hydroxyl groups is 1. The van der Waals surface area contributed by atoms with Crippen molar-refractivity contribution >= 4 is 23.2 Å². The largest absolute Gasteiger partial charge is 0.396 e. The van der Waals surface area contributed by atoms with E-state index in [1.54, 1.807) is 18.0 Å². The molecule has 0 bridgehead atoms. The summed E-state index contributed by atoms with van der Waals surface area (Å²) in [6.07, 6.45) is 5.62. The van der Waals surface area contributed by atoms with E-state index in [1.165, 1.54) is 0 Å². The Kier molecular flexibility index (Phi) is 4.43. The van der Waals surface area contributed by atoms with Crippen LogP contribution in [0.1, 0.15) is 13.8 Å². The first-order valence-electron chi connectivity index (χ1n) is 6.05. The molecule has 0 aliphatic heterocycles. The number of aliphatic hydroxyl groups excluding tert-OH is 1. The first-order chi connectivity index (χ1) is 8.74. The van der Waals surface area contributed by atoms with Crippen molar-refractivity contribution in [1.82, 2.24) is 14.4 Å². The van der Waals surface area contributed by atoms with Crippen molar-refractivity contribution in [3.63, 3.8) is 0 Å². The highest BCUT2D eigenvalue weighted by Crippen LogP contribution is 2.24. The first kappa shape index (κ1) is 13.2. The van der Waals surface area contributed by atoms with Crippen molar-refractivity contribution in [2.45, 2.75) is 18.9 Å². The second kappa shape index (κ2) is 6.06. The SMILES string of the molecule is CCNc1cn2ccnc2c(SCC(C)CO)n1. The molecule has 1 unspecified atom stereocenters. The van der Waals surface area contributed by atoms with Crippen molar-refractivity contribution in [1.29, 1.82) is 0 Å². The van der Waals surface area contributed by atoms with Crippen LogP contribution < -0.4 is 5.32 Å². The number of imidazole rings is 1. The van der Waals surface area contributed by atoms with Crippen LogP contribution in [0.5, 0.6) is 0 Å². The lowest BCUT2D eigenvalue weighted by Gasteiger charge is -2.10. The van der Waals surface area contributed by atoms with Crippen LogP contribution in [0, 0.1) is 5.92 Å². The third-order valence-electron chi connectivity index (χ3n) is 2.52. The normalized spacial score (nSPS) is 12.8. The molecule has 2 aromatic heterocycles. The summed E-state index contributed by atoms with van der Waals surface area (Å²) in [4.78, 5) is 8.87. The quantitative estimate of drug-likeness (QED) is 0.782. The third-order valence-corrected chi connectivity index (χ3v) is 3.80. The van der Waals surface area contributed by atoms with Gasteiger partial charge in [-0.3, -0.25) is 0 Å². The van der Waals surface area contributed by atoms with Gasteiger partial charge in [0.05, 0.1) is 6.20 Å². The van der Waals surface area contributed by atoms with Crippen LogP contribution >= 0.6 is 11.8 Å². The zero-order chi connectivity index (χ0) is 13.0. The van der Waals surface area contributed by atoms with Gasteiger partial charge in [0.2, 0.25) is 0 Å². The van der Waals surface area contributed by atoms with Gasteiger partial charge in [0.15, 0.2) is 5.65 Å². The lowest BCUT2D eigenvalue weighted by atomic mass is 10.2. The van der Waals surface area contributed by atoms with Crippen molar-refractivity contribution < 1.29 is 5.11 Å². The van der Waals surface area contributed by atoms with Crippen molar-refractivity contribution in [2.75, 3.05) is 24.2 Å². The van der Waals surface area contributed by atoms with Crippen molar-refractivity contribution in [3.05, 3.63) is 18.6 Å². The van der Waals surface area contributed by atoms with Crippen LogP contribution in [-0.2, 0) is 0 Å². The molecule has 2 heterocycles. The van der Waals surface area contributed by atoms with E-state index in [1.807, 2.05) is 30.6 Å². The smallest absolute Gasteiger partial charge is 0.169 e. The van der Waals surface area contributed by atoms with Crippen molar-refractivity contribution in [3.8, 4) is 0 Å². The summed E-state index contributed by atoms with van der Waals surface area (Å²) in [6.45, 7) is 5.10. The van der Waals surface area contributed by atoms with Gasteiger partial charge in [-0.25, -0.2) is 9.97 Å². The number of nitrogens with zero attached hydrogens (tertiary/aromatic N) is 3. The van der Waals surface area contributed by atoms with E-state index in [0.29, 0.717) is 0 Å². The number of hydrogen-bond donors (Lipinski definition) is 2. The molecule has 18 heavy (non-hydrogen) atoms. The lowest BCUT2D eigenvalue weighted by molar-refractivity contribution is 0.250. The van der Waals surface area contributed by atoms with E-state index in [-0.39, 0.29) is 12.5 Å². The minimum absolute atomic E-state index is 0.199. The van der Waals surface area contributed by atoms with E-state index in [4.69, 9.17) is 5.11 Å². The molecule has 0 radical (unpaired) electrons. The second-order valence-corrected chi connectivity index (χ2v) is 5.23. The highest BCUT2D eigenvalue weighted by Gasteiger charge is 2.09. The summed E-state index contributed by atoms with van der Waals surface area (Å²) >= 11 is 1.63. The molecule has 6 heteroatoms. The van der Waals surface area contributed by atoms with E-state index < -0.39 is 0 Å². The van der Waals surface area contributed by atoms with E-state index in [0.717, 1.165) is 28.8 Å². The maximum Gasteiger partial charge on any atom is 0.169 e. The van der Waals surface area contributed by atoms with E-state index in [2.05, 4.69) is 15.3 Å². The molecular weight excluding hydrogens is 248 g/mol. The van der Waals surface area contributed by atoms with Gasteiger partial charge in [-0.1, -0.05) is 6.92 Å². The third kappa shape index (κ3) is 2.94. The van der Waals surface area contributed by atoms with Crippen LogP contribution in [0.2, 0.25) is 0 Å². The maximum absolute atomic E-state index is 9.06. The maximum atomic E-state index is 9.06. The van der Waals surface area contributed by atoms with Gasteiger partial charge < -0.3 is 14.8 Å². The highest BCUT2D eigenvalue weighted by atomic mass is 32.2. The Hall–Kier alpha value is -1.27. The zero-order valence-electron chi connectivity index (χ0n) is 10.6. The number of aromatic nitrogens is 3. The fourth-order valence-corrected chi connectivity index (χ4v) is 2.54. The molecule has 0 fully saturated rings. The van der Waals surface area contributed by atoms with Gasteiger partial charge in [-0.15, -0.1) is 11.8 Å². The number of anilines is 1. The van der Waals surface area contributed by atoms with Crippen molar-refractivity contribution in [2.24, 2.45) is 5.92 Å². The Morgan fingerprint density at radius 3 is 3.11 bits per heavy atom. The van der Waals surface area contributed by atoms with E-state index in [9.17, 15) is 0 Å². The highest BCUT2D eigenvalue weighted by molar-refractivity contribution is 7.99. The molecule has 0 aromatic carbocycles. The Balaban J connectivity index is 2.25. The monoisotopic (exact) mass is 266 g/mol. The van der Waals surface area contributed by atoms with Gasteiger partial charge in [-0.2, -0.15) is 0 Å². The number of thioether (sulfide) groups is 1. The minimum atomic E-state index is 0.199. The molecule has 0 saturated carbocycles.